The van der Waals surface area contributed by atoms with Crippen LogP contribution in [0.1, 0.15) is 40.0 Å². The van der Waals surface area contributed by atoms with Crippen molar-refractivity contribution in [1.82, 2.24) is 0 Å². The first-order valence-electron chi connectivity index (χ1n) is 4.27. The molecule has 1 N–H and O–H groups in total. The number of aliphatic hydroxyl groups is 1. The van der Waals surface area contributed by atoms with Crippen LogP contribution >= 0.6 is 0 Å². The van der Waals surface area contributed by atoms with Gasteiger partial charge >= 0.3 is 0 Å². The fourth-order valence-corrected chi connectivity index (χ4v) is 1.36. The summed E-state index contributed by atoms with van der Waals surface area (Å²) in [6, 6.07) is 0. The van der Waals surface area contributed by atoms with E-state index in [1.807, 2.05) is 0 Å². The Morgan fingerprint density at radius 2 is 1.80 bits per heavy atom. The smallest absolute Gasteiger partial charge is 0.0431 e. The summed E-state index contributed by atoms with van der Waals surface area (Å²) in [6.45, 7) is 7.10. The van der Waals surface area contributed by atoms with Crippen LogP contribution in [-0.2, 0) is 0 Å². The van der Waals surface area contributed by atoms with Gasteiger partial charge in [0.25, 0.3) is 0 Å². The first-order chi connectivity index (χ1) is 4.66. The van der Waals surface area contributed by atoms with Gasteiger partial charge in [-0.25, -0.2) is 0 Å². The van der Waals surface area contributed by atoms with E-state index in [2.05, 4.69) is 20.8 Å². The summed E-state index contributed by atoms with van der Waals surface area (Å²) in [4.78, 5) is 0. The van der Waals surface area contributed by atoms with Gasteiger partial charge in [0.15, 0.2) is 0 Å². The highest BCUT2D eigenvalue weighted by molar-refractivity contribution is 4.55. The Morgan fingerprint density at radius 1 is 1.20 bits per heavy atom. The van der Waals surface area contributed by atoms with Gasteiger partial charge in [-0.1, -0.05) is 20.8 Å². The number of aliphatic hydroxyl groups excluding tert-OH is 1. The summed E-state index contributed by atoms with van der Waals surface area (Å²) in [7, 11) is 0. The lowest BCUT2D eigenvalue weighted by molar-refractivity contribution is 0.267. The topological polar surface area (TPSA) is 20.2 Å². The van der Waals surface area contributed by atoms with E-state index < -0.39 is 0 Å². The Labute approximate surface area is 64.5 Å². The van der Waals surface area contributed by atoms with Crippen LogP contribution in [0, 0.1) is 11.8 Å². The third-order valence-electron chi connectivity index (χ3n) is 1.73. The van der Waals surface area contributed by atoms with Crippen molar-refractivity contribution >= 4 is 0 Å². The second-order valence-electron chi connectivity index (χ2n) is 3.60. The van der Waals surface area contributed by atoms with Crippen LogP contribution in [0.3, 0.4) is 0 Å². The van der Waals surface area contributed by atoms with Crippen LogP contribution in [-0.4, -0.2) is 11.7 Å². The molecule has 0 spiro atoms. The van der Waals surface area contributed by atoms with Crippen LogP contribution in [0.5, 0.6) is 0 Å². The molecule has 0 rings (SSSR count). The molecular weight excluding hydrogens is 124 g/mol. The van der Waals surface area contributed by atoms with Gasteiger partial charge in [-0.2, -0.15) is 0 Å². The van der Waals surface area contributed by atoms with E-state index in [1.165, 1.54) is 12.8 Å². The normalized spacial score (nSPS) is 14.1. The van der Waals surface area contributed by atoms with Crippen molar-refractivity contribution in [3.8, 4) is 0 Å². The highest BCUT2D eigenvalue weighted by Gasteiger charge is 2.03. The van der Waals surface area contributed by atoms with Gasteiger partial charge in [0.05, 0.1) is 0 Å². The lowest BCUT2D eigenvalue weighted by atomic mass is 9.95. The summed E-state index contributed by atoms with van der Waals surface area (Å²) >= 11 is 0. The maximum atomic E-state index is 8.55. The molecule has 0 aliphatic heterocycles. The third-order valence-corrected chi connectivity index (χ3v) is 1.73. The number of rotatable bonds is 5. The molecule has 0 aliphatic rings. The third kappa shape index (κ3) is 6.09. The van der Waals surface area contributed by atoms with Crippen molar-refractivity contribution in [3.05, 3.63) is 0 Å². The Balaban J connectivity index is 3.16. The van der Waals surface area contributed by atoms with Crippen molar-refractivity contribution in [2.24, 2.45) is 11.8 Å². The van der Waals surface area contributed by atoms with Gasteiger partial charge < -0.3 is 5.11 Å². The lowest BCUT2D eigenvalue weighted by Gasteiger charge is -2.12. The maximum absolute atomic E-state index is 8.55. The van der Waals surface area contributed by atoms with Crippen LogP contribution in [0.15, 0.2) is 0 Å². The molecule has 10 heavy (non-hydrogen) atoms. The minimum atomic E-state index is 0.350. The SMILES string of the molecule is CC(C)C[C@@H](C)CCCO. The van der Waals surface area contributed by atoms with Gasteiger partial charge in [-0.05, 0) is 31.1 Å². The van der Waals surface area contributed by atoms with E-state index in [9.17, 15) is 0 Å². The molecule has 0 bridgehead atoms. The summed E-state index contributed by atoms with van der Waals surface area (Å²) in [5, 5.41) is 8.55. The molecule has 62 valence electrons. The quantitative estimate of drug-likeness (QED) is 0.628. The second-order valence-corrected chi connectivity index (χ2v) is 3.60. The van der Waals surface area contributed by atoms with E-state index in [-0.39, 0.29) is 0 Å². The molecule has 0 aromatic rings. The fraction of sp³-hybridized carbons (Fsp3) is 1.00. The molecule has 0 unspecified atom stereocenters. The minimum Gasteiger partial charge on any atom is -0.396 e. The predicted molar refractivity (Wildman–Crippen MR) is 44.9 cm³/mol. The fourth-order valence-electron chi connectivity index (χ4n) is 1.36. The monoisotopic (exact) mass is 144 g/mol. The molecule has 0 aliphatic carbocycles. The highest BCUT2D eigenvalue weighted by atomic mass is 16.2. The summed E-state index contributed by atoms with van der Waals surface area (Å²) in [6.07, 6.45) is 3.43. The molecule has 0 saturated heterocycles. The van der Waals surface area contributed by atoms with Crippen LogP contribution in [0.25, 0.3) is 0 Å². The molecule has 0 heterocycles. The van der Waals surface area contributed by atoms with E-state index in [0.717, 1.165) is 18.3 Å². The summed E-state index contributed by atoms with van der Waals surface area (Å²) in [5.74, 6) is 1.58. The van der Waals surface area contributed by atoms with Crippen molar-refractivity contribution < 1.29 is 5.11 Å². The van der Waals surface area contributed by atoms with Crippen LogP contribution in [0.4, 0.5) is 0 Å². The zero-order valence-electron chi connectivity index (χ0n) is 7.43. The van der Waals surface area contributed by atoms with Crippen molar-refractivity contribution in [3.63, 3.8) is 0 Å². The Kier molecular flexibility index (Phi) is 5.70. The molecule has 0 aromatic heterocycles. The Hall–Kier alpha value is -0.0400. The first-order valence-corrected chi connectivity index (χ1v) is 4.27. The van der Waals surface area contributed by atoms with Gasteiger partial charge in [-0.3, -0.25) is 0 Å². The van der Waals surface area contributed by atoms with Gasteiger partial charge in [-0.15, -0.1) is 0 Å². The highest BCUT2D eigenvalue weighted by Crippen LogP contribution is 2.15. The zero-order chi connectivity index (χ0) is 7.98. The van der Waals surface area contributed by atoms with Gasteiger partial charge in [0.2, 0.25) is 0 Å². The van der Waals surface area contributed by atoms with Crippen molar-refractivity contribution in [2.45, 2.75) is 40.0 Å². The van der Waals surface area contributed by atoms with Crippen LogP contribution in [0.2, 0.25) is 0 Å². The molecule has 0 aromatic carbocycles. The molecule has 0 radical (unpaired) electrons. The molecule has 1 atom stereocenters. The van der Waals surface area contributed by atoms with E-state index in [0.29, 0.717) is 6.61 Å². The molecule has 0 saturated carbocycles. The Bertz CT molecular complexity index is 69.1. The largest absolute Gasteiger partial charge is 0.396 e. The summed E-state index contributed by atoms with van der Waals surface area (Å²) < 4.78 is 0. The molecule has 1 nitrogen and oxygen atoms in total. The van der Waals surface area contributed by atoms with Gasteiger partial charge in [0.1, 0.15) is 0 Å². The van der Waals surface area contributed by atoms with E-state index in [1.54, 1.807) is 0 Å². The molecule has 0 fully saturated rings. The summed E-state index contributed by atoms with van der Waals surface area (Å²) in [5.41, 5.74) is 0. The minimum absolute atomic E-state index is 0.350. The average molecular weight is 144 g/mol. The molecule has 0 amide bonds. The van der Waals surface area contributed by atoms with E-state index in [4.69, 9.17) is 5.11 Å². The second kappa shape index (κ2) is 5.72. The number of hydrogen-bond donors (Lipinski definition) is 1. The average Bonchev–Trinajstić information content (AvgIpc) is 1.82. The molecule has 1 heteroatoms. The number of hydrogen-bond acceptors (Lipinski definition) is 1. The van der Waals surface area contributed by atoms with Gasteiger partial charge in [0, 0.05) is 6.61 Å². The Morgan fingerprint density at radius 3 is 2.20 bits per heavy atom. The predicted octanol–water partition coefficient (Wildman–Crippen LogP) is 2.44. The zero-order valence-corrected chi connectivity index (χ0v) is 7.43. The van der Waals surface area contributed by atoms with E-state index >= 15 is 0 Å². The maximum Gasteiger partial charge on any atom is 0.0431 e. The van der Waals surface area contributed by atoms with Crippen molar-refractivity contribution in [1.29, 1.82) is 0 Å². The van der Waals surface area contributed by atoms with Crippen molar-refractivity contribution in [2.75, 3.05) is 6.61 Å². The van der Waals surface area contributed by atoms with Crippen LogP contribution < -0.4 is 0 Å². The first kappa shape index (κ1) is 9.96. The standard InChI is InChI=1S/C9H20O/c1-8(2)7-9(3)5-4-6-10/h8-10H,4-7H2,1-3H3/t9-/m0/s1. The lowest BCUT2D eigenvalue weighted by Crippen LogP contribution is -2.00. The molecular formula is C9H20O.